The number of aryl methyl sites for hydroxylation is 1. The van der Waals surface area contributed by atoms with Crippen LogP contribution in [0.3, 0.4) is 0 Å². The molecule has 27 heavy (non-hydrogen) atoms. The van der Waals surface area contributed by atoms with Crippen LogP contribution in [-0.4, -0.2) is 49.3 Å². The second kappa shape index (κ2) is 8.20. The van der Waals surface area contributed by atoms with Gasteiger partial charge in [0, 0.05) is 19.3 Å². The van der Waals surface area contributed by atoms with Crippen molar-refractivity contribution in [2.45, 2.75) is 20.3 Å². The molecule has 0 bridgehead atoms. The number of thioether (sulfide) groups is 1. The van der Waals surface area contributed by atoms with E-state index in [1.54, 1.807) is 23.2 Å². The summed E-state index contributed by atoms with van der Waals surface area (Å²) in [5, 5.41) is 12.1. The van der Waals surface area contributed by atoms with Crippen molar-refractivity contribution in [3.8, 4) is 0 Å². The number of hydrogen-bond acceptors (Lipinski definition) is 7. The third-order valence-corrected chi connectivity index (χ3v) is 5.38. The van der Waals surface area contributed by atoms with Gasteiger partial charge in [-0.1, -0.05) is 37.0 Å². The minimum atomic E-state index is -0.287. The van der Waals surface area contributed by atoms with Gasteiger partial charge in [0.05, 0.1) is 17.1 Å². The van der Waals surface area contributed by atoms with Crippen molar-refractivity contribution in [1.29, 1.82) is 0 Å². The molecular formula is C18H20N4O3S2. The number of fused-ring (bicyclic) bond motifs is 1. The Bertz CT molecular complexity index is 1000. The van der Waals surface area contributed by atoms with Gasteiger partial charge in [-0.25, -0.2) is 4.98 Å². The minimum absolute atomic E-state index is 0.104. The molecule has 9 heteroatoms. The molecule has 142 valence electrons. The number of nitrogens with one attached hydrogen (secondary N) is 1. The molecule has 0 radical (unpaired) electrons. The standard InChI is InChI=1S/C18H20N4O3S2/c1-3-7-21-17(25)13(27-18(21)26)9-12-15(19-6-8-23)20-14-5-4-11(2)10-22(14)16(12)24/h4-5,9-10,19,23H,3,6-8H2,1-2H3/b13-9+. The van der Waals surface area contributed by atoms with Crippen molar-refractivity contribution >= 4 is 51.7 Å². The Hall–Kier alpha value is -2.23. The Kier molecular flexibility index (Phi) is 5.93. The first-order chi connectivity index (χ1) is 13.0. The number of thiocarbonyl (C=S) groups is 1. The first kappa shape index (κ1) is 19.5. The number of aromatic nitrogens is 2. The van der Waals surface area contributed by atoms with Crippen molar-refractivity contribution in [3.63, 3.8) is 0 Å². The number of carbonyl (C=O) groups excluding carboxylic acids is 1. The fourth-order valence-electron chi connectivity index (χ4n) is 2.75. The summed E-state index contributed by atoms with van der Waals surface area (Å²) in [4.78, 5) is 32.1. The Labute approximate surface area is 166 Å². The molecule has 0 aliphatic carbocycles. The van der Waals surface area contributed by atoms with Crippen molar-refractivity contribution < 1.29 is 9.90 Å². The second-order valence-electron chi connectivity index (χ2n) is 6.10. The lowest BCUT2D eigenvalue weighted by atomic mass is 10.2. The number of hydrogen-bond donors (Lipinski definition) is 2. The number of nitrogens with zero attached hydrogens (tertiary/aromatic N) is 3. The van der Waals surface area contributed by atoms with E-state index in [1.807, 2.05) is 19.9 Å². The molecule has 0 aromatic carbocycles. The predicted molar refractivity (Wildman–Crippen MR) is 112 cm³/mol. The molecule has 0 spiro atoms. The Morgan fingerprint density at radius 3 is 2.85 bits per heavy atom. The number of carbonyl (C=O) groups is 1. The molecule has 2 aromatic rings. The highest BCUT2D eigenvalue weighted by Gasteiger charge is 2.31. The van der Waals surface area contributed by atoms with Crippen molar-refractivity contribution in [1.82, 2.24) is 14.3 Å². The summed E-state index contributed by atoms with van der Waals surface area (Å²) in [5.41, 5.74) is 1.39. The maximum absolute atomic E-state index is 13.1. The number of aliphatic hydroxyl groups excluding tert-OH is 1. The van der Waals surface area contributed by atoms with E-state index in [0.717, 1.165) is 12.0 Å². The lowest BCUT2D eigenvalue weighted by Crippen LogP contribution is -2.28. The van der Waals surface area contributed by atoms with Crippen LogP contribution in [0.1, 0.15) is 24.5 Å². The minimum Gasteiger partial charge on any atom is -0.395 e. The van der Waals surface area contributed by atoms with Gasteiger partial charge in [0.2, 0.25) is 0 Å². The van der Waals surface area contributed by atoms with E-state index in [0.29, 0.717) is 27.2 Å². The molecule has 2 aromatic heterocycles. The summed E-state index contributed by atoms with van der Waals surface area (Å²) in [7, 11) is 0. The van der Waals surface area contributed by atoms with Gasteiger partial charge in [0.1, 0.15) is 15.8 Å². The molecule has 0 unspecified atom stereocenters. The van der Waals surface area contributed by atoms with E-state index in [2.05, 4.69) is 10.3 Å². The number of rotatable bonds is 6. The van der Waals surface area contributed by atoms with Crippen LogP contribution in [0, 0.1) is 6.92 Å². The quantitative estimate of drug-likeness (QED) is 0.563. The van der Waals surface area contributed by atoms with E-state index >= 15 is 0 Å². The van der Waals surface area contributed by atoms with Crippen molar-refractivity contribution in [2.24, 2.45) is 0 Å². The summed E-state index contributed by atoms with van der Waals surface area (Å²) < 4.78 is 1.95. The molecule has 1 aliphatic rings. The normalized spacial score (nSPS) is 16.0. The third-order valence-electron chi connectivity index (χ3n) is 4.01. The van der Waals surface area contributed by atoms with Crippen LogP contribution in [-0.2, 0) is 4.79 Å². The van der Waals surface area contributed by atoms with E-state index in [-0.39, 0.29) is 30.2 Å². The van der Waals surface area contributed by atoms with Gasteiger partial charge in [-0.05, 0) is 31.1 Å². The monoisotopic (exact) mass is 404 g/mol. The zero-order valence-corrected chi connectivity index (χ0v) is 16.7. The predicted octanol–water partition coefficient (Wildman–Crippen LogP) is 2.02. The number of aliphatic hydroxyl groups is 1. The fraction of sp³-hybridized carbons (Fsp3) is 0.333. The van der Waals surface area contributed by atoms with Crippen LogP contribution >= 0.6 is 24.0 Å². The maximum atomic E-state index is 13.1. The van der Waals surface area contributed by atoms with Crippen LogP contribution in [0.5, 0.6) is 0 Å². The Morgan fingerprint density at radius 2 is 2.15 bits per heavy atom. The Morgan fingerprint density at radius 1 is 1.37 bits per heavy atom. The molecule has 3 rings (SSSR count). The lowest BCUT2D eigenvalue weighted by Gasteiger charge is -2.12. The van der Waals surface area contributed by atoms with Crippen LogP contribution in [0.2, 0.25) is 0 Å². The van der Waals surface area contributed by atoms with Crippen molar-refractivity contribution in [2.75, 3.05) is 25.0 Å². The van der Waals surface area contributed by atoms with Gasteiger partial charge >= 0.3 is 0 Å². The lowest BCUT2D eigenvalue weighted by molar-refractivity contribution is -0.122. The molecule has 0 saturated carbocycles. The average molecular weight is 405 g/mol. The van der Waals surface area contributed by atoms with Crippen LogP contribution in [0.25, 0.3) is 11.7 Å². The van der Waals surface area contributed by atoms with Crippen LogP contribution < -0.4 is 10.9 Å². The van der Waals surface area contributed by atoms with Gasteiger partial charge < -0.3 is 10.4 Å². The zero-order chi connectivity index (χ0) is 19.6. The van der Waals surface area contributed by atoms with E-state index in [1.165, 1.54) is 16.2 Å². The molecule has 1 saturated heterocycles. The molecule has 1 fully saturated rings. The van der Waals surface area contributed by atoms with Crippen LogP contribution in [0.15, 0.2) is 28.0 Å². The van der Waals surface area contributed by atoms with Gasteiger partial charge in [0.25, 0.3) is 11.5 Å². The van der Waals surface area contributed by atoms with Gasteiger partial charge in [-0.3, -0.25) is 18.9 Å². The van der Waals surface area contributed by atoms with E-state index in [9.17, 15) is 9.59 Å². The first-order valence-corrected chi connectivity index (χ1v) is 9.82. The molecule has 2 N–H and O–H groups in total. The first-order valence-electron chi connectivity index (χ1n) is 8.59. The summed E-state index contributed by atoms with van der Waals surface area (Å²) >= 11 is 6.47. The van der Waals surface area contributed by atoms with Gasteiger partial charge in [-0.2, -0.15) is 0 Å². The summed E-state index contributed by atoms with van der Waals surface area (Å²) in [6.45, 7) is 4.55. The van der Waals surface area contributed by atoms with Crippen LogP contribution in [0.4, 0.5) is 5.82 Å². The molecule has 1 aliphatic heterocycles. The molecule has 0 atom stereocenters. The van der Waals surface area contributed by atoms with E-state index < -0.39 is 0 Å². The van der Waals surface area contributed by atoms with E-state index in [4.69, 9.17) is 17.3 Å². The highest BCUT2D eigenvalue weighted by Crippen LogP contribution is 2.33. The van der Waals surface area contributed by atoms with Gasteiger partial charge in [-0.15, -0.1) is 0 Å². The second-order valence-corrected chi connectivity index (χ2v) is 7.77. The summed E-state index contributed by atoms with van der Waals surface area (Å²) in [5.74, 6) is 0.132. The zero-order valence-electron chi connectivity index (χ0n) is 15.1. The Balaban J connectivity index is 2.14. The maximum Gasteiger partial charge on any atom is 0.267 e. The smallest absolute Gasteiger partial charge is 0.267 e. The highest BCUT2D eigenvalue weighted by atomic mass is 32.2. The number of anilines is 1. The third kappa shape index (κ3) is 3.90. The molecule has 1 amide bonds. The molecule has 7 nitrogen and oxygen atoms in total. The largest absolute Gasteiger partial charge is 0.395 e. The number of pyridine rings is 1. The number of amides is 1. The molecular weight excluding hydrogens is 384 g/mol. The van der Waals surface area contributed by atoms with Gasteiger partial charge in [0.15, 0.2) is 0 Å². The van der Waals surface area contributed by atoms with Crippen molar-refractivity contribution in [3.05, 3.63) is 44.7 Å². The fourth-order valence-corrected chi connectivity index (χ4v) is 4.04. The average Bonchev–Trinajstić information content (AvgIpc) is 2.91. The summed E-state index contributed by atoms with van der Waals surface area (Å²) in [6, 6.07) is 3.62. The molecule has 3 heterocycles. The summed E-state index contributed by atoms with van der Waals surface area (Å²) in [6.07, 6.45) is 4.04. The SMILES string of the molecule is CCCN1C(=O)/C(=C\c2c(NCCO)nc3ccc(C)cn3c2=O)SC1=S. The topological polar surface area (TPSA) is 86.9 Å². The highest BCUT2D eigenvalue weighted by molar-refractivity contribution is 8.26.